The van der Waals surface area contributed by atoms with Crippen molar-refractivity contribution in [2.24, 2.45) is 0 Å². The molecule has 11 aromatic rings. The summed E-state index contributed by atoms with van der Waals surface area (Å²) in [6.45, 7) is 0. The monoisotopic (exact) mass is 697 g/mol. The number of benzene rings is 7. The zero-order valence-electron chi connectivity index (χ0n) is 28.1. The van der Waals surface area contributed by atoms with Gasteiger partial charge in [-0.05, 0) is 72.8 Å². The minimum atomic E-state index is 0.582. The molecule has 0 aliphatic rings. The van der Waals surface area contributed by atoms with Crippen molar-refractivity contribution < 1.29 is 4.42 Å². The van der Waals surface area contributed by atoms with E-state index >= 15 is 0 Å². The Hall–Kier alpha value is -6.96. The van der Waals surface area contributed by atoms with E-state index in [1.54, 1.807) is 11.3 Å². The lowest BCUT2D eigenvalue weighted by Crippen LogP contribution is -2.01. The molecule has 0 N–H and O–H groups in total. The molecule has 0 aliphatic heterocycles. The van der Waals surface area contributed by atoms with Gasteiger partial charge in [0.25, 0.3) is 0 Å². The summed E-state index contributed by atoms with van der Waals surface area (Å²) in [5.74, 6) is 1.79. The van der Waals surface area contributed by atoms with Crippen LogP contribution in [0.1, 0.15) is 0 Å². The first-order valence-electron chi connectivity index (χ1n) is 17.5. The van der Waals surface area contributed by atoms with Crippen molar-refractivity contribution in [2.45, 2.75) is 0 Å². The third-order valence-corrected chi connectivity index (χ3v) is 11.0. The number of nitrogens with zero attached hydrogens (tertiary/aromatic N) is 5. The van der Waals surface area contributed by atoms with Gasteiger partial charge in [-0.1, -0.05) is 91.0 Å². The number of rotatable bonds is 5. The lowest BCUT2D eigenvalue weighted by Gasteiger charge is -2.11. The van der Waals surface area contributed by atoms with E-state index in [9.17, 15) is 0 Å². The zero-order valence-corrected chi connectivity index (χ0v) is 29.0. The minimum Gasteiger partial charge on any atom is -0.456 e. The summed E-state index contributed by atoms with van der Waals surface area (Å²) in [6, 6.07) is 56.3. The van der Waals surface area contributed by atoms with Crippen molar-refractivity contribution in [2.75, 3.05) is 0 Å². The van der Waals surface area contributed by atoms with Crippen molar-refractivity contribution in [3.8, 4) is 50.4 Å². The summed E-state index contributed by atoms with van der Waals surface area (Å²) in [5, 5.41) is 5.39. The maximum atomic E-state index is 6.41. The number of para-hydroxylation sites is 3. The average Bonchev–Trinajstić information content (AvgIpc) is 3.93. The van der Waals surface area contributed by atoms with Gasteiger partial charge in [0.15, 0.2) is 17.5 Å². The standard InChI is InChI=1S/C46H27N5OS/c1-2-11-28(12-3-1)43-48-44(29-21-24-31(25-22-29)51-37-17-7-4-13-32(37)33-14-5-8-18-38(33)51)50-45(49-43)34-15-10-19-40-42(34)35-27-30(23-26-39(35)52-40)46-47-36-16-6-9-20-41(36)53-46/h1-27H. The normalized spacial score (nSPS) is 11.8. The number of fused-ring (bicyclic) bond motifs is 7. The van der Waals surface area contributed by atoms with Crippen molar-refractivity contribution in [3.63, 3.8) is 0 Å². The van der Waals surface area contributed by atoms with E-state index in [1.165, 1.54) is 21.8 Å². The van der Waals surface area contributed by atoms with E-state index in [-0.39, 0.29) is 0 Å². The fraction of sp³-hybridized carbons (Fsp3) is 0. The minimum absolute atomic E-state index is 0.582. The van der Waals surface area contributed by atoms with Crippen LogP contribution < -0.4 is 0 Å². The Labute approximate surface area is 307 Å². The Morgan fingerprint density at radius 2 is 1.09 bits per heavy atom. The second-order valence-corrected chi connectivity index (χ2v) is 14.1. The summed E-state index contributed by atoms with van der Waals surface area (Å²) >= 11 is 1.69. The molecular formula is C46H27N5OS. The van der Waals surface area contributed by atoms with Crippen LogP contribution in [-0.4, -0.2) is 24.5 Å². The number of aromatic nitrogens is 5. The lowest BCUT2D eigenvalue weighted by atomic mass is 10.0. The Morgan fingerprint density at radius 3 is 1.85 bits per heavy atom. The first-order valence-corrected chi connectivity index (χ1v) is 18.3. The van der Waals surface area contributed by atoms with Crippen LogP contribution in [0.15, 0.2) is 168 Å². The molecule has 7 heteroatoms. The van der Waals surface area contributed by atoms with Crippen molar-refractivity contribution in [3.05, 3.63) is 164 Å². The van der Waals surface area contributed by atoms with Gasteiger partial charge in [0.05, 0.1) is 21.3 Å². The van der Waals surface area contributed by atoms with E-state index in [2.05, 4.69) is 114 Å². The van der Waals surface area contributed by atoms with Crippen LogP contribution >= 0.6 is 11.3 Å². The molecule has 0 atom stereocenters. The molecule has 0 bridgehead atoms. The van der Waals surface area contributed by atoms with Crippen LogP contribution in [0.3, 0.4) is 0 Å². The van der Waals surface area contributed by atoms with Gasteiger partial charge < -0.3 is 8.98 Å². The predicted molar refractivity (Wildman–Crippen MR) is 216 cm³/mol. The quantitative estimate of drug-likeness (QED) is 0.179. The Kier molecular flexibility index (Phi) is 6.62. The maximum Gasteiger partial charge on any atom is 0.164 e. The molecule has 7 aromatic carbocycles. The van der Waals surface area contributed by atoms with Crippen LogP contribution in [0, 0.1) is 0 Å². The van der Waals surface area contributed by atoms with Gasteiger partial charge in [-0.25, -0.2) is 19.9 Å². The van der Waals surface area contributed by atoms with E-state index < -0.39 is 0 Å². The summed E-state index contributed by atoms with van der Waals surface area (Å²) < 4.78 is 9.89. The van der Waals surface area contributed by atoms with E-state index in [4.69, 9.17) is 24.4 Å². The third kappa shape index (κ3) is 4.86. The molecule has 0 saturated carbocycles. The topological polar surface area (TPSA) is 69.6 Å². The highest BCUT2D eigenvalue weighted by Gasteiger charge is 2.19. The largest absolute Gasteiger partial charge is 0.456 e. The molecule has 0 unspecified atom stereocenters. The van der Waals surface area contributed by atoms with Gasteiger partial charge >= 0.3 is 0 Å². The predicted octanol–water partition coefficient (Wildman–Crippen LogP) is 12.1. The molecule has 248 valence electrons. The molecule has 0 spiro atoms. The Morgan fingerprint density at radius 1 is 0.453 bits per heavy atom. The first kappa shape index (κ1) is 29.7. The molecule has 53 heavy (non-hydrogen) atoms. The molecule has 6 nitrogen and oxygen atoms in total. The van der Waals surface area contributed by atoms with Crippen LogP contribution in [-0.2, 0) is 0 Å². The van der Waals surface area contributed by atoms with Crippen molar-refractivity contribution in [1.29, 1.82) is 0 Å². The molecule has 0 radical (unpaired) electrons. The van der Waals surface area contributed by atoms with Gasteiger partial charge in [-0.2, -0.15) is 0 Å². The highest BCUT2D eigenvalue weighted by Crippen LogP contribution is 2.40. The van der Waals surface area contributed by atoms with Gasteiger partial charge in [0, 0.05) is 49.5 Å². The molecular weight excluding hydrogens is 671 g/mol. The fourth-order valence-electron chi connectivity index (χ4n) is 7.44. The molecule has 0 amide bonds. The smallest absolute Gasteiger partial charge is 0.164 e. The molecule has 0 saturated heterocycles. The molecule has 4 heterocycles. The Bertz CT molecular complexity index is 3090. The summed E-state index contributed by atoms with van der Waals surface area (Å²) in [7, 11) is 0. The van der Waals surface area contributed by atoms with E-state index in [0.29, 0.717) is 17.5 Å². The average molecular weight is 698 g/mol. The highest BCUT2D eigenvalue weighted by atomic mass is 32.1. The summed E-state index contributed by atoms with van der Waals surface area (Å²) in [6.07, 6.45) is 0. The summed E-state index contributed by atoms with van der Waals surface area (Å²) in [5.41, 5.74) is 9.73. The second-order valence-electron chi connectivity index (χ2n) is 13.1. The Balaban J connectivity index is 1.07. The van der Waals surface area contributed by atoms with E-state index in [1.807, 2.05) is 54.6 Å². The SMILES string of the molecule is c1ccc(-c2nc(-c3ccc(-n4c5ccccc5c5ccccc54)cc3)nc(-c3cccc4oc5ccc(-c6nc7ccccc7s6)cc5c34)n2)cc1. The van der Waals surface area contributed by atoms with Gasteiger partial charge in [0.1, 0.15) is 16.2 Å². The zero-order chi connectivity index (χ0) is 34.9. The van der Waals surface area contributed by atoms with Gasteiger partial charge in [-0.15, -0.1) is 11.3 Å². The van der Waals surface area contributed by atoms with Gasteiger partial charge in [-0.3, -0.25) is 0 Å². The second kappa shape index (κ2) is 11.8. The lowest BCUT2D eigenvalue weighted by molar-refractivity contribution is 0.669. The number of hydrogen-bond donors (Lipinski definition) is 0. The number of furan rings is 1. The number of hydrogen-bond acceptors (Lipinski definition) is 6. The van der Waals surface area contributed by atoms with Crippen LogP contribution in [0.2, 0.25) is 0 Å². The first-order chi connectivity index (χ1) is 26.2. The van der Waals surface area contributed by atoms with Crippen LogP contribution in [0.4, 0.5) is 0 Å². The molecule has 11 rings (SSSR count). The van der Waals surface area contributed by atoms with Crippen molar-refractivity contribution >= 4 is 65.3 Å². The molecule has 0 aliphatic carbocycles. The summed E-state index contributed by atoms with van der Waals surface area (Å²) in [4.78, 5) is 20.2. The highest BCUT2D eigenvalue weighted by molar-refractivity contribution is 7.21. The number of thiazole rings is 1. The van der Waals surface area contributed by atoms with E-state index in [0.717, 1.165) is 65.1 Å². The maximum absolute atomic E-state index is 6.41. The van der Waals surface area contributed by atoms with Crippen molar-refractivity contribution in [1.82, 2.24) is 24.5 Å². The molecule has 4 aromatic heterocycles. The fourth-order valence-corrected chi connectivity index (χ4v) is 8.41. The van der Waals surface area contributed by atoms with Gasteiger partial charge in [0.2, 0.25) is 0 Å². The third-order valence-electron chi connectivity index (χ3n) is 9.91. The molecule has 0 fully saturated rings. The van der Waals surface area contributed by atoms with Crippen LogP contribution in [0.5, 0.6) is 0 Å². The van der Waals surface area contributed by atoms with Crippen LogP contribution in [0.25, 0.3) is 104 Å².